The third kappa shape index (κ3) is 6.06. The van der Waals surface area contributed by atoms with Crippen LogP contribution in [0.2, 0.25) is 5.02 Å². The summed E-state index contributed by atoms with van der Waals surface area (Å²) in [6.45, 7) is 2.81. The highest BCUT2D eigenvalue weighted by Crippen LogP contribution is 2.24. The molecule has 2 aromatic rings. The van der Waals surface area contributed by atoms with Gasteiger partial charge in [-0.3, -0.25) is 14.4 Å². The fraction of sp³-hybridized carbons (Fsp3) is 0.250. The minimum absolute atomic E-state index is 0.0289. The van der Waals surface area contributed by atoms with Crippen molar-refractivity contribution in [1.29, 1.82) is 0 Å². The van der Waals surface area contributed by atoms with Crippen LogP contribution in [-0.2, 0) is 9.59 Å². The van der Waals surface area contributed by atoms with Gasteiger partial charge in [-0.1, -0.05) is 18.5 Å². The summed E-state index contributed by atoms with van der Waals surface area (Å²) in [5.41, 5.74) is 0.655. The molecule has 0 unspecified atom stereocenters. The third-order valence-electron chi connectivity index (χ3n) is 3.68. The lowest BCUT2D eigenvalue weighted by Gasteiger charge is -2.12. The SMILES string of the molecule is CCCC(=O)Nc1ccc(OCC(=O)Nc2ccc(Cl)cc2F)c(C(C)=O)c1. The Hall–Kier alpha value is -2.93. The van der Waals surface area contributed by atoms with Crippen molar-refractivity contribution in [3.63, 3.8) is 0 Å². The zero-order valence-electron chi connectivity index (χ0n) is 15.5. The van der Waals surface area contributed by atoms with Crippen molar-refractivity contribution in [1.82, 2.24) is 0 Å². The molecule has 2 amide bonds. The zero-order chi connectivity index (χ0) is 20.7. The van der Waals surface area contributed by atoms with Crippen LogP contribution >= 0.6 is 11.6 Å². The van der Waals surface area contributed by atoms with E-state index in [0.717, 1.165) is 6.07 Å². The Kier molecular flexibility index (Phi) is 7.52. The van der Waals surface area contributed by atoms with Gasteiger partial charge in [0.05, 0.1) is 11.3 Å². The number of ether oxygens (including phenoxy) is 1. The molecule has 0 aromatic heterocycles. The van der Waals surface area contributed by atoms with E-state index in [0.29, 0.717) is 18.5 Å². The molecule has 2 aromatic carbocycles. The zero-order valence-corrected chi connectivity index (χ0v) is 16.2. The van der Waals surface area contributed by atoms with Gasteiger partial charge in [0.15, 0.2) is 12.4 Å². The Labute approximate surface area is 167 Å². The summed E-state index contributed by atoms with van der Waals surface area (Å²) in [7, 11) is 0. The van der Waals surface area contributed by atoms with Gasteiger partial charge in [0.25, 0.3) is 5.91 Å². The molecule has 0 aliphatic rings. The first-order valence-electron chi connectivity index (χ1n) is 8.62. The van der Waals surface area contributed by atoms with Gasteiger partial charge < -0.3 is 15.4 Å². The third-order valence-corrected chi connectivity index (χ3v) is 3.92. The molecule has 2 N–H and O–H groups in total. The van der Waals surface area contributed by atoms with Crippen molar-refractivity contribution in [2.75, 3.05) is 17.2 Å². The van der Waals surface area contributed by atoms with Crippen molar-refractivity contribution in [2.45, 2.75) is 26.7 Å². The van der Waals surface area contributed by atoms with Crippen LogP contribution in [0.5, 0.6) is 5.75 Å². The standard InChI is InChI=1S/C20H20ClFN2O4/c1-3-4-19(26)23-14-6-8-18(15(10-14)12(2)25)28-11-20(27)24-17-7-5-13(21)9-16(17)22/h5-10H,3-4,11H2,1-2H3,(H,23,26)(H,24,27). The number of rotatable bonds is 8. The molecule has 0 bridgehead atoms. The number of carbonyl (C=O) groups is 3. The molecule has 0 atom stereocenters. The maximum atomic E-state index is 13.7. The molecule has 6 nitrogen and oxygen atoms in total. The van der Waals surface area contributed by atoms with E-state index >= 15 is 0 Å². The van der Waals surface area contributed by atoms with Crippen molar-refractivity contribution < 1.29 is 23.5 Å². The minimum Gasteiger partial charge on any atom is -0.483 e. The number of benzene rings is 2. The fourth-order valence-electron chi connectivity index (χ4n) is 2.38. The molecule has 0 aliphatic carbocycles. The van der Waals surface area contributed by atoms with Crippen molar-refractivity contribution in [2.24, 2.45) is 0 Å². The number of amides is 2. The van der Waals surface area contributed by atoms with Crippen LogP contribution in [0.4, 0.5) is 15.8 Å². The van der Waals surface area contributed by atoms with Gasteiger partial charge in [-0.15, -0.1) is 0 Å². The Balaban J connectivity index is 2.05. The van der Waals surface area contributed by atoms with Gasteiger partial charge in [0.2, 0.25) is 5.91 Å². The Bertz CT molecular complexity index is 902. The summed E-state index contributed by atoms with van der Waals surface area (Å²) in [4.78, 5) is 35.6. The van der Waals surface area contributed by atoms with Gasteiger partial charge in [-0.25, -0.2) is 4.39 Å². The molecule has 0 saturated carbocycles. The van der Waals surface area contributed by atoms with Gasteiger partial charge in [0.1, 0.15) is 11.6 Å². The lowest BCUT2D eigenvalue weighted by molar-refractivity contribution is -0.118. The maximum Gasteiger partial charge on any atom is 0.262 e. The molecule has 2 rings (SSSR count). The Morgan fingerprint density at radius 2 is 1.82 bits per heavy atom. The lowest BCUT2D eigenvalue weighted by Crippen LogP contribution is -2.21. The highest BCUT2D eigenvalue weighted by atomic mass is 35.5. The highest BCUT2D eigenvalue weighted by molar-refractivity contribution is 6.30. The van der Waals surface area contributed by atoms with Gasteiger partial charge in [-0.2, -0.15) is 0 Å². The first-order chi connectivity index (χ1) is 13.3. The van der Waals surface area contributed by atoms with E-state index in [4.69, 9.17) is 16.3 Å². The van der Waals surface area contributed by atoms with E-state index in [-0.39, 0.29) is 33.7 Å². The summed E-state index contributed by atoms with van der Waals surface area (Å²) < 4.78 is 19.1. The summed E-state index contributed by atoms with van der Waals surface area (Å²) in [5.74, 6) is -1.53. The lowest BCUT2D eigenvalue weighted by atomic mass is 10.1. The molecule has 0 heterocycles. The molecule has 0 spiro atoms. The molecular weight excluding hydrogens is 387 g/mol. The van der Waals surface area contributed by atoms with Crippen LogP contribution in [0.3, 0.4) is 0 Å². The number of hydrogen-bond donors (Lipinski definition) is 2. The molecule has 8 heteroatoms. The number of nitrogens with one attached hydrogen (secondary N) is 2. The van der Waals surface area contributed by atoms with Crippen LogP contribution in [0.1, 0.15) is 37.0 Å². The average Bonchev–Trinajstić information content (AvgIpc) is 2.63. The monoisotopic (exact) mass is 406 g/mol. The molecule has 0 saturated heterocycles. The Morgan fingerprint density at radius 1 is 1.07 bits per heavy atom. The number of ketones is 1. The highest BCUT2D eigenvalue weighted by Gasteiger charge is 2.14. The number of carbonyl (C=O) groups excluding carboxylic acids is 3. The second-order valence-electron chi connectivity index (χ2n) is 6.03. The smallest absolute Gasteiger partial charge is 0.262 e. The molecule has 0 aliphatic heterocycles. The van der Waals surface area contributed by atoms with E-state index in [1.54, 1.807) is 6.07 Å². The summed E-state index contributed by atoms with van der Waals surface area (Å²) >= 11 is 5.67. The maximum absolute atomic E-state index is 13.7. The molecular formula is C20H20ClFN2O4. The van der Waals surface area contributed by atoms with E-state index in [1.807, 2.05) is 6.92 Å². The van der Waals surface area contributed by atoms with Crippen LogP contribution in [0, 0.1) is 5.82 Å². The second kappa shape index (κ2) is 9.85. The van der Waals surface area contributed by atoms with Crippen LogP contribution in [0.25, 0.3) is 0 Å². The normalized spacial score (nSPS) is 10.3. The Morgan fingerprint density at radius 3 is 2.46 bits per heavy atom. The fourth-order valence-corrected chi connectivity index (χ4v) is 2.54. The average molecular weight is 407 g/mol. The quantitative estimate of drug-likeness (QED) is 0.635. The topological polar surface area (TPSA) is 84.5 Å². The molecule has 0 fully saturated rings. The summed E-state index contributed by atoms with van der Waals surface area (Å²) in [6.07, 6.45) is 1.07. The van der Waals surface area contributed by atoms with Crippen molar-refractivity contribution in [3.05, 3.63) is 52.8 Å². The van der Waals surface area contributed by atoms with Crippen LogP contribution in [-0.4, -0.2) is 24.2 Å². The predicted octanol–water partition coefficient (Wildman–Crippen LogP) is 4.44. The van der Waals surface area contributed by atoms with Crippen LogP contribution < -0.4 is 15.4 Å². The van der Waals surface area contributed by atoms with E-state index in [2.05, 4.69) is 10.6 Å². The number of hydrogen-bond acceptors (Lipinski definition) is 4. The van der Waals surface area contributed by atoms with Gasteiger partial charge in [-0.05, 0) is 49.7 Å². The predicted molar refractivity (Wildman–Crippen MR) is 106 cm³/mol. The number of halogens is 2. The molecule has 28 heavy (non-hydrogen) atoms. The number of anilines is 2. The van der Waals surface area contributed by atoms with E-state index in [9.17, 15) is 18.8 Å². The largest absolute Gasteiger partial charge is 0.483 e. The molecule has 148 valence electrons. The summed E-state index contributed by atoms with van der Waals surface area (Å²) in [5, 5.41) is 5.28. The van der Waals surface area contributed by atoms with Gasteiger partial charge in [0, 0.05) is 17.1 Å². The van der Waals surface area contributed by atoms with Crippen molar-refractivity contribution in [3.8, 4) is 5.75 Å². The first-order valence-corrected chi connectivity index (χ1v) is 9.00. The van der Waals surface area contributed by atoms with Crippen LogP contribution in [0.15, 0.2) is 36.4 Å². The second-order valence-corrected chi connectivity index (χ2v) is 6.46. The minimum atomic E-state index is -0.669. The van der Waals surface area contributed by atoms with E-state index < -0.39 is 18.3 Å². The van der Waals surface area contributed by atoms with Gasteiger partial charge >= 0.3 is 0 Å². The number of Topliss-reactive ketones (excluding diaryl/α,β-unsaturated/α-hetero) is 1. The van der Waals surface area contributed by atoms with Crippen molar-refractivity contribution >= 4 is 40.6 Å². The van der Waals surface area contributed by atoms with E-state index in [1.165, 1.54) is 31.2 Å². The first kappa shape index (κ1) is 21.4. The summed E-state index contributed by atoms with van der Waals surface area (Å²) in [6, 6.07) is 8.42. The molecule has 0 radical (unpaired) electrons.